The minimum atomic E-state index is -0.758. The standard InChI is InChI=1S/C61H69N3O2/c1-34-23-24-62-53-51(34)44-31-40(58(12,13)14)32-48-52(44)64(53)49-33-50(35(2)25-47(49)59(48,15)16)65-41-27-36(26-39(28-41)57(9,10)11)54-63-60(17)45-21-19-37(55(3,4)5)29-42(45)43-30-38(56(6,7)8)20-22-46(43)61(60,18)66-54/h19-33H,1-18H3/t60-,61+/m1/s1. The Morgan fingerprint density at radius 2 is 1.15 bits per heavy atom. The molecule has 2 aromatic heterocycles. The van der Waals surface area contributed by atoms with Gasteiger partial charge in [-0.3, -0.25) is 4.57 Å². The minimum Gasteiger partial charge on any atom is -0.463 e. The van der Waals surface area contributed by atoms with E-state index in [0.29, 0.717) is 5.90 Å². The van der Waals surface area contributed by atoms with Crippen LogP contribution in [0, 0.1) is 13.8 Å². The van der Waals surface area contributed by atoms with Gasteiger partial charge in [-0.1, -0.05) is 139 Å². The summed E-state index contributed by atoms with van der Waals surface area (Å²) in [7, 11) is 0. The van der Waals surface area contributed by atoms with Crippen molar-refractivity contribution in [3.63, 3.8) is 0 Å². The van der Waals surface area contributed by atoms with Crippen LogP contribution in [-0.4, -0.2) is 15.4 Å². The first-order valence-corrected chi connectivity index (χ1v) is 24.1. The number of aromatic nitrogens is 2. The van der Waals surface area contributed by atoms with Crippen molar-refractivity contribution in [2.45, 2.75) is 163 Å². The van der Waals surface area contributed by atoms with Crippen LogP contribution in [0.5, 0.6) is 11.5 Å². The van der Waals surface area contributed by atoms with E-state index in [1.165, 1.54) is 71.9 Å². The maximum Gasteiger partial charge on any atom is 0.218 e. The third-order valence-corrected chi connectivity index (χ3v) is 15.6. The summed E-state index contributed by atoms with van der Waals surface area (Å²) in [6.45, 7) is 41.1. The van der Waals surface area contributed by atoms with Crippen molar-refractivity contribution in [1.29, 1.82) is 0 Å². The van der Waals surface area contributed by atoms with Crippen molar-refractivity contribution >= 4 is 27.8 Å². The highest BCUT2D eigenvalue weighted by molar-refractivity contribution is 6.12. The Hall–Kier alpha value is -5.68. The summed E-state index contributed by atoms with van der Waals surface area (Å²) in [6.07, 6.45) is 1.95. The zero-order chi connectivity index (χ0) is 47.6. The zero-order valence-electron chi connectivity index (χ0n) is 42.8. The van der Waals surface area contributed by atoms with E-state index in [1.807, 2.05) is 6.20 Å². The Morgan fingerprint density at radius 1 is 0.561 bits per heavy atom. The van der Waals surface area contributed by atoms with Crippen molar-refractivity contribution in [3.05, 3.63) is 152 Å². The van der Waals surface area contributed by atoms with Crippen molar-refractivity contribution < 1.29 is 9.47 Å². The van der Waals surface area contributed by atoms with Crippen LogP contribution in [-0.2, 0) is 43.0 Å². The quantitative estimate of drug-likeness (QED) is 0.178. The molecular formula is C61H69N3O2. The number of hydrogen-bond donors (Lipinski definition) is 0. The molecular weight excluding hydrogens is 807 g/mol. The molecule has 7 aromatic rings. The summed E-state index contributed by atoms with van der Waals surface area (Å²) in [6, 6.07) is 32.2. The number of hydrogen-bond acceptors (Lipinski definition) is 4. The molecule has 0 saturated heterocycles. The smallest absolute Gasteiger partial charge is 0.218 e. The molecule has 66 heavy (non-hydrogen) atoms. The first kappa shape index (κ1) is 44.2. The first-order chi connectivity index (χ1) is 30.5. The number of aryl methyl sites for hydroxylation is 2. The molecule has 0 amide bonds. The van der Waals surface area contributed by atoms with E-state index < -0.39 is 11.1 Å². The number of pyridine rings is 1. The van der Waals surface area contributed by atoms with Crippen LogP contribution in [0.3, 0.4) is 0 Å². The van der Waals surface area contributed by atoms with E-state index in [1.54, 1.807) is 0 Å². The molecule has 5 heteroatoms. The summed E-state index contributed by atoms with van der Waals surface area (Å²) >= 11 is 0. The maximum absolute atomic E-state index is 7.36. The van der Waals surface area contributed by atoms with Gasteiger partial charge in [0.2, 0.25) is 5.90 Å². The van der Waals surface area contributed by atoms with Crippen LogP contribution >= 0.6 is 0 Å². The molecule has 1 aliphatic carbocycles. The Labute approximate surface area is 393 Å². The number of ether oxygens (including phenoxy) is 2. The normalized spacial score (nSPS) is 19.8. The van der Waals surface area contributed by atoms with Crippen molar-refractivity contribution in [2.75, 3.05) is 0 Å². The molecule has 340 valence electrons. The lowest BCUT2D eigenvalue weighted by atomic mass is 9.64. The molecule has 2 aliphatic heterocycles. The summed E-state index contributed by atoms with van der Waals surface area (Å²) in [5.41, 5.74) is 17.2. The van der Waals surface area contributed by atoms with E-state index in [4.69, 9.17) is 19.5 Å². The second-order valence-corrected chi connectivity index (χ2v) is 24.8. The Kier molecular flexibility index (Phi) is 9.17. The van der Waals surface area contributed by atoms with E-state index in [2.05, 4.69) is 214 Å². The van der Waals surface area contributed by atoms with Gasteiger partial charge in [0.25, 0.3) is 0 Å². The molecule has 10 rings (SSSR count). The van der Waals surface area contributed by atoms with E-state index >= 15 is 0 Å². The van der Waals surface area contributed by atoms with Crippen molar-refractivity contribution in [3.8, 4) is 28.3 Å². The second-order valence-electron chi connectivity index (χ2n) is 24.8. The highest BCUT2D eigenvalue weighted by Crippen LogP contribution is 2.60. The molecule has 0 bridgehead atoms. The summed E-state index contributed by atoms with van der Waals surface area (Å²) in [4.78, 5) is 10.8. The number of rotatable bonds is 3. The van der Waals surface area contributed by atoms with Gasteiger partial charge >= 0.3 is 0 Å². The summed E-state index contributed by atoms with van der Waals surface area (Å²) < 4.78 is 16.9. The van der Waals surface area contributed by atoms with Crippen LogP contribution < -0.4 is 4.74 Å². The molecule has 0 saturated carbocycles. The molecule has 0 unspecified atom stereocenters. The van der Waals surface area contributed by atoms with Crippen LogP contribution in [0.25, 0.3) is 38.8 Å². The van der Waals surface area contributed by atoms with E-state index in [0.717, 1.165) is 39.5 Å². The van der Waals surface area contributed by atoms with Gasteiger partial charge in [-0.15, -0.1) is 0 Å². The molecule has 4 heterocycles. The van der Waals surface area contributed by atoms with Crippen molar-refractivity contribution in [1.82, 2.24) is 9.55 Å². The van der Waals surface area contributed by atoms with Crippen molar-refractivity contribution in [2.24, 2.45) is 4.99 Å². The lowest BCUT2D eigenvalue weighted by molar-refractivity contribution is 0.0269. The molecule has 5 aromatic carbocycles. The van der Waals surface area contributed by atoms with Gasteiger partial charge < -0.3 is 9.47 Å². The number of nitrogens with zero attached hydrogens (tertiary/aromatic N) is 3. The Morgan fingerprint density at radius 3 is 1.77 bits per heavy atom. The molecule has 3 aliphatic rings. The predicted molar refractivity (Wildman–Crippen MR) is 276 cm³/mol. The highest BCUT2D eigenvalue weighted by Gasteiger charge is 2.59. The van der Waals surface area contributed by atoms with Gasteiger partial charge in [0.15, 0.2) is 5.60 Å². The fourth-order valence-electron chi connectivity index (χ4n) is 11.0. The summed E-state index contributed by atoms with van der Waals surface area (Å²) in [5, 5.41) is 2.47. The average molecular weight is 876 g/mol. The van der Waals surface area contributed by atoms with Crippen LogP contribution in [0.4, 0.5) is 0 Å². The van der Waals surface area contributed by atoms with Gasteiger partial charge in [-0.2, -0.15) is 0 Å². The van der Waals surface area contributed by atoms with E-state index in [9.17, 15) is 0 Å². The topological polar surface area (TPSA) is 48.6 Å². The number of fused-ring (bicyclic) bond motifs is 11. The van der Waals surface area contributed by atoms with Gasteiger partial charge in [0.1, 0.15) is 22.7 Å². The second kappa shape index (κ2) is 13.7. The Balaban J connectivity index is 1.13. The third-order valence-electron chi connectivity index (χ3n) is 15.6. The average Bonchev–Trinajstić information content (AvgIpc) is 3.71. The lowest BCUT2D eigenvalue weighted by Gasteiger charge is -2.45. The number of benzene rings is 5. The molecule has 5 nitrogen and oxygen atoms in total. The summed E-state index contributed by atoms with van der Waals surface area (Å²) in [5.74, 6) is 2.20. The van der Waals surface area contributed by atoms with Crippen LogP contribution in [0.2, 0.25) is 0 Å². The minimum absolute atomic E-state index is 0.00597. The molecule has 0 radical (unpaired) electrons. The fraction of sp³-hybridized carbons (Fsp3) is 0.410. The molecule has 0 N–H and O–H groups in total. The lowest BCUT2D eigenvalue weighted by Crippen LogP contribution is -2.45. The maximum atomic E-state index is 7.36. The first-order valence-electron chi connectivity index (χ1n) is 24.1. The SMILES string of the molecule is Cc1cc2c(cc1Oc1cc(C3=N[C@]4(C)c5ccc(C(C)(C)C)cc5-c5cc(C(C)(C)C)ccc5[C@]4(C)O3)cc(C(C)(C)C)c1)-n1c3nccc(C)c3c3cc(C(C)(C)C)cc(c31)C2(C)C. The van der Waals surface area contributed by atoms with Gasteiger partial charge in [0, 0.05) is 39.6 Å². The van der Waals surface area contributed by atoms with Gasteiger partial charge in [-0.05, 0) is 147 Å². The largest absolute Gasteiger partial charge is 0.463 e. The van der Waals surface area contributed by atoms with E-state index in [-0.39, 0.29) is 27.1 Å². The molecule has 2 atom stereocenters. The zero-order valence-corrected chi connectivity index (χ0v) is 42.8. The Bertz CT molecular complexity index is 3260. The number of aliphatic imine (C=N–C) groups is 1. The van der Waals surface area contributed by atoms with Gasteiger partial charge in [0.05, 0.1) is 11.2 Å². The monoisotopic (exact) mass is 876 g/mol. The molecule has 0 spiro atoms. The third kappa shape index (κ3) is 6.38. The highest BCUT2D eigenvalue weighted by atomic mass is 16.5. The van der Waals surface area contributed by atoms with Crippen LogP contribution in [0.1, 0.15) is 172 Å². The van der Waals surface area contributed by atoms with Gasteiger partial charge in [-0.25, -0.2) is 9.98 Å². The molecule has 0 fully saturated rings. The fourth-order valence-corrected chi connectivity index (χ4v) is 11.0. The van der Waals surface area contributed by atoms with Crippen LogP contribution in [0.15, 0.2) is 96.1 Å². The predicted octanol–water partition coefficient (Wildman–Crippen LogP) is 16.0.